The molecule has 0 saturated carbocycles. The van der Waals surface area contributed by atoms with E-state index < -0.39 is 0 Å². The van der Waals surface area contributed by atoms with Crippen LogP contribution in [0.1, 0.15) is 29.3 Å². The smallest absolute Gasteiger partial charge is 0.254 e. The molecule has 18 heavy (non-hydrogen) atoms. The minimum absolute atomic E-state index is 0.127. The number of carbonyl (C=O) groups excluding carboxylic acids is 1. The van der Waals surface area contributed by atoms with E-state index in [9.17, 15) is 4.79 Å². The fourth-order valence-electron chi connectivity index (χ4n) is 2.25. The van der Waals surface area contributed by atoms with Crippen molar-refractivity contribution in [2.24, 2.45) is 5.73 Å². The van der Waals surface area contributed by atoms with Crippen LogP contribution in [0.2, 0.25) is 0 Å². The second-order valence-electron chi connectivity index (χ2n) is 4.80. The topological polar surface area (TPSA) is 46.3 Å². The number of hydrogen-bond donors (Lipinski definition) is 1. The Hall–Kier alpha value is -1.61. The first-order valence-corrected chi connectivity index (χ1v) is 6.44. The largest absolute Gasteiger partial charge is 0.334 e. The van der Waals surface area contributed by atoms with Gasteiger partial charge in [-0.15, -0.1) is 0 Å². The Kier molecular flexibility index (Phi) is 4.15. The molecule has 1 aliphatic heterocycles. The van der Waals surface area contributed by atoms with Crippen molar-refractivity contribution in [3.8, 4) is 0 Å². The quantitative estimate of drug-likeness (QED) is 0.826. The zero-order valence-corrected chi connectivity index (χ0v) is 10.9. The molecule has 1 aromatic rings. The molecular weight excluding hydrogens is 224 g/mol. The fraction of sp³-hybridized carbons (Fsp3) is 0.400. The summed E-state index contributed by atoms with van der Waals surface area (Å²) >= 11 is 0. The van der Waals surface area contributed by atoms with Crippen molar-refractivity contribution in [3.05, 3.63) is 47.0 Å². The van der Waals surface area contributed by atoms with Crippen LogP contribution < -0.4 is 5.73 Å². The summed E-state index contributed by atoms with van der Waals surface area (Å²) in [4.78, 5) is 14.2. The first-order chi connectivity index (χ1) is 8.70. The van der Waals surface area contributed by atoms with E-state index in [2.05, 4.69) is 13.0 Å². The van der Waals surface area contributed by atoms with Crippen LogP contribution in [0.3, 0.4) is 0 Å². The number of rotatable bonds is 3. The Morgan fingerprint density at radius 1 is 1.33 bits per heavy atom. The lowest BCUT2D eigenvalue weighted by Crippen LogP contribution is -2.35. The van der Waals surface area contributed by atoms with Gasteiger partial charge in [0.2, 0.25) is 0 Å². The molecule has 0 spiro atoms. The van der Waals surface area contributed by atoms with Gasteiger partial charge in [0.1, 0.15) is 0 Å². The molecule has 2 N–H and O–H groups in total. The lowest BCUT2D eigenvalue weighted by Gasteiger charge is -2.26. The molecule has 1 aliphatic rings. The third kappa shape index (κ3) is 2.99. The van der Waals surface area contributed by atoms with Crippen molar-refractivity contribution in [1.29, 1.82) is 0 Å². The van der Waals surface area contributed by atoms with E-state index in [1.165, 1.54) is 11.1 Å². The zero-order valence-electron chi connectivity index (χ0n) is 10.9. The SMILES string of the molecule is CC1=CCCN(C(=O)c2ccc(CCN)cc2)C1. The molecule has 0 unspecified atom stereocenters. The monoisotopic (exact) mass is 244 g/mol. The summed E-state index contributed by atoms with van der Waals surface area (Å²) in [5, 5.41) is 0. The number of nitrogens with two attached hydrogens (primary N) is 1. The van der Waals surface area contributed by atoms with Crippen molar-refractivity contribution in [3.63, 3.8) is 0 Å². The predicted octanol–water partition coefficient (Wildman–Crippen LogP) is 1.98. The standard InChI is InChI=1S/C15H20N2O/c1-12-3-2-10-17(11-12)15(18)14-6-4-13(5-7-14)8-9-16/h3-7H,2,8-11,16H2,1H3. The van der Waals surface area contributed by atoms with Gasteiger partial charge in [-0.25, -0.2) is 0 Å². The van der Waals surface area contributed by atoms with Crippen LogP contribution in [0.5, 0.6) is 0 Å². The average Bonchev–Trinajstić information content (AvgIpc) is 2.39. The molecule has 0 fully saturated rings. The Labute approximate surface area is 108 Å². The van der Waals surface area contributed by atoms with E-state index in [1.807, 2.05) is 29.2 Å². The molecular formula is C15H20N2O. The lowest BCUT2D eigenvalue weighted by atomic mass is 10.1. The van der Waals surface area contributed by atoms with Crippen LogP contribution in [-0.4, -0.2) is 30.4 Å². The summed E-state index contributed by atoms with van der Waals surface area (Å²) in [6, 6.07) is 7.79. The highest BCUT2D eigenvalue weighted by molar-refractivity contribution is 5.94. The number of amides is 1. The van der Waals surface area contributed by atoms with Gasteiger partial charge in [0.05, 0.1) is 0 Å². The number of benzene rings is 1. The second-order valence-corrected chi connectivity index (χ2v) is 4.80. The third-order valence-electron chi connectivity index (χ3n) is 3.25. The third-order valence-corrected chi connectivity index (χ3v) is 3.25. The van der Waals surface area contributed by atoms with E-state index >= 15 is 0 Å². The van der Waals surface area contributed by atoms with Crippen LogP contribution in [0.15, 0.2) is 35.9 Å². The summed E-state index contributed by atoms with van der Waals surface area (Å²) in [6.45, 7) is 4.29. The number of hydrogen-bond acceptors (Lipinski definition) is 2. The van der Waals surface area contributed by atoms with Gasteiger partial charge in [-0.05, 0) is 44.0 Å². The van der Waals surface area contributed by atoms with Gasteiger partial charge < -0.3 is 10.6 Å². The molecule has 96 valence electrons. The van der Waals surface area contributed by atoms with Gasteiger partial charge in [-0.2, -0.15) is 0 Å². The second kappa shape index (κ2) is 5.83. The molecule has 0 saturated heterocycles. The summed E-state index contributed by atoms with van der Waals surface area (Å²) in [5.41, 5.74) is 8.73. The van der Waals surface area contributed by atoms with E-state index in [-0.39, 0.29) is 5.91 Å². The first-order valence-electron chi connectivity index (χ1n) is 6.44. The zero-order chi connectivity index (χ0) is 13.0. The fourth-order valence-corrected chi connectivity index (χ4v) is 2.25. The maximum absolute atomic E-state index is 12.3. The van der Waals surface area contributed by atoms with Crippen molar-refractivity contribution in [1.82, 2.24) is 4.90 Å². The van der Waals surface area contributed by atoms with E-state index in [1.54, 1.807) is 0 Å². The summed E-state index contributed by atoms with van der Waals surface area (Å²) < 4.78 is 0. The average molecular weight is 244 g/mol. The molecule has 2 rings (SSSR count). The highest BCUT2D eigenvalue weighted by atomic mass is 16.2. The number of nitrogens with zero attached hydrogens (tertiary/aromatic N) is 1. The molecule has 0 aliphatic carbocycles. The molecule has 0 bridgehead atoms. The molecule has 1 heterocycles. The summed E-state index contributed by atoms with van der Waals surface area (Å²) in [6.07, 6.45) is 4.02. The summed E-state index contributed by atoms with van der Waals surface area (Å²) in [7, 11) is 0. The highest BCUT2D eigenvalue weighted by Crippen LogP contribution is 2.14. The predicted molar refractivity (Wildman–Crippen MR) is 73.5 cm³/mol. The van der Waals surface area contributed by atoms with Crippen LogP contribution in [-0.2, 0) is 6.42 Å². The van der Waals surface area contributed by atoms with Crippen molar-refractivity contribution in [2.75, 3.05) is 19.6 Å². The Morgan fingerprint density at radius 3 is 2.67 bits per heavy atom. The van der Waals surface area contributed by atoms with Gasteiger partial charge >= 0.3 is 0 Å². The van der Waals surface area contributed by atoms with E-state index in [0.717, 1.165) is 31.5 Å². The van der Waals surface area contributed by atoms with E-state index in [4.69, 9.17) is 5.73 Å². The normalized spacial score (nSPS) is 15.4. The van der Waals surface area contributed by atoms with Crippen molar-refractivity contribution >= 4 is 5.91 Å². The molecule has 3 heteroatoms. The molecule has 0 atom stereocenters. The minimum Gasteiger partial charge on any atom is -0.334 e. The molecule has 0 radical (unpaired) electrons. The molecule has 1 amide bonds. The Bertz CT molecular complexity index is 448. The van der Waals surface area contributed by atoms with Crippen LogP contribution in [0.25, 0.3) is 0 Å². The number of carbonyl (C=O) groups is 1. The maximum atomic E-state index is 12.3. The first kappa shape index (κ1) is 12.8. The Morgan fingerprint density at radius 2 is 2.06 bits per heavy atom. The van der Waals surface area contributed by atoms with Crippen LogP contribution in [0.4, 0.5) is 0 Å². The Balaban J connectivity index is 2.06. The minimum atomic E-state index is 0.127. The van der Waals surface area contributed by atoms with Gasteiger partial charge in [-0.1, -0.05) is 23.8 Å². The van der Waals surface area contributed by atoms with Gasteiger partial charge in [0.15, 0.2) is 0 Å². The van der Waals surface area contributed by atoms with E-state index in [0.29, 0.717) is 6.54 Å². The lowest BCUT2D eigenvalue weighted by molar-refractivity contribution is 0.0766. The molecule has 0 aromatic heterocycles. The van der Waals surface area contributed by atoms with Gasteiger partial charge in [0, 0.05) is 18.7 Å². The van der Waals surface area contributed by atoms with Crippen LogP contribution in [0, 0.1) is 0 Å². The molecule has 3 nitrogen and oxygen atoms in total. The molecule has 1 aromatic carbocycles. The van der Waals surface area contributed by atoms with Gasteiger partial charge in [-0.3, -0.25) is 4.79 Å². The highest BCUT2D eigenvalue weighted by Gasteiger charge is 2.17. The summed E-state index contributed by atoms with van der Waals surface area (Å²) in [5.74, 6) is 0.127. The van der Waals surface area contributed by atoms with Crippen molar-refractivity contribution < 1.29 is 4.79 Å². The maximum Gasteiger partial charge on any atom is 0.254 e. The van der Waals surface area contributed by atoms with Gasteiger partial charge in [0.25, 0.3) is 5.91 Å². The van der Waals surface area contributed by atoms with Crippen molar-refractivity contribution in [2.45, 2.75) is 19.8 Å². The van der Waals surface area contributed by atoms with Crippen LogP contribution >= 0.6 is 0 Å².